The van der Waals surface area contributed by atoms with Gasteiger partial charge in [0.1, 0.15) is 11.5 Å². The number of halogens is 2. The summed E-state index contributed by atoms with van der Waals surface area (Å²) in [6.45, 7) is 0. The van der Waals surface area contributed by atoms with E-state index in [-0.39, 0.29) is 17.1 Å². The van der Waals surface area contributed by atoms with Gasteiger partial charge in [-0.15, -0.1) is 0 Å². The SMILES string of the molecule is Nc1cc(Nc2cc(Br)ccc2F)ccc1[N+](=O)[O-]. The van der Waals surface area contributed by atoms with Crippen molar-refractivity contribution in [2.75, 3.05) is 11.1 Å². The lowest BCUT2D eigenvalue weighted by atomic mass is 10.2. The average Bonchev–Trinajstić information content (AvgIpc) is 2.33. The van der Waals surface area contributed by atoms with Crippen LogP contribution >= 0.6 is 15.9 Å². The fraction of sp³-hybridized carbons (Fsp3) is 0. The summed E-state index contributed by atoms with van der Waals surface area (Å²) in [7, 11) is 0. The Bertz CT molecular complexity index is 649. The van der Waals surface area contributed by atoms with E-state index in [4.69, 9.17) is 5.73 Å². The summed E-state index contributed by atoms with van der Waals surface area (Å²) in [4.78, 5) is 10.1. The first-order chi connectivity index (χ1) is 8.97. The second-order valence-corrected chi connectivity index (χ2v) is 4.70. The van der Waals surface area contributed by atoms with Crippen molar-refractivity contribution in [3.8, 4) is 0 Å². The lowest BCUT2D eigenvalue weighted by Crippen LogP contribution is -1.98. The molecule has 3 N–H and O–H groups in total. The standard InChI is InChI=1S/C12H9BrFN3O2/c13-7-1-3-9(14)11(5-7)16-8-2-4-12(17(18)19)10(15)6-8/h1-6,16H,15H2. The van der Waals surface area contributed by atoms with Gasteiger partial charge in [-0.3, -0.25) is 10.1 Å². The highest BCUT2D eigenvalue weighted by Gasteiger charge is 2.12. The number of hydrogen-bond acceptors (Lipinski definition) is 4. The molecule has 0 bridgehead atoms. The van der Waals surface area contributed by atoms with Crippen LogP contribution in [0.4, 0.5) is 27.1 Å². The van der Waals surface area contributed by atoms with Crippen LogP contribution in [0.15, 0.2) is 40.9 Å². The minimum atomic E-state index is -0.571. The number of hydrogen-bond donors (Lipinski definition) is 2. The third-order valence-corrected chi connectivity index (χ3v) is 2.92. The predicted molar refractivity (Wildman–Crippen MR) is 74.9 cm³/mol. The number of nitrogens with zero attached hydrogens (tertiary/aromatic N) is 1. The second kappa shape index (κ2) is 5.23. The van der Waals surface area contributed by atoms with E-state index in [1.54, 1.807) is 12.1 Å². The highest BCUT2D eigenvalue weighted by Crippen LogP contribution is 2.28. The number of rotatable bonds is 3. The first-order valence-corrected chi connectivity index (χ1v) is 6.02. The van der Waals surface area contributed by atoms with Crippen molar-refractivity contribution in [1.82, 2.24) is 0 Å². The molecule has 0 amide bonds. The maximum absolute atomic E-state index is 13.5. The molecule has 7 heteroatoms. The zero-order chi connectivity index (χ0) is 14.0. The van der Waals surface area contributed by atoms with Crippen LogP contribution < -0.4 is 11.1 Å². The zero-order valence-corrected chi connectivity index (χ0v) is 11.1. The average molecular weight is 326 g/mol. The van der Waals surface area contributed by atoms with Crippen molar-refractivity contribution in [3.63, 3.8) is 0 Å². The summed E-state index contributed by atoms with van der Waals surface area (Å²) < 4.78 is 14.3. The van der Waals surface area contributed by atoms with Gasteiger partial charge in [0.15, 0.2) is 0 Å². The van der Waals surface area contributed by atoms with Gasteiger partial charge in [-0.2, -0.15) is 0 Å². The Labute approximate surface area is 116 Å². The molecule has 0 fully saturated rings. The molecule has 2 rings (SSSR count). The fourth-order valence-electron chi connectivity index (χ4n) is 1.55. The molecule has 5 nitrogen and oxygen atoms in total. The van der Waals surface area contributed by atoms with Gasteiger partial charge in [0, 0.05) is 16.2 Å². The number of nitrogen functional groups attached to an aromatic ring is 1. The van der Waals surface area contributed by atoms with Crippen molar-refractivity contribution < 1.29 is 9.31 Å². The van der Waals surface area contributed by atoms with Crippen molar-refractivity contribution in [1.29, 1.82) is 0 Å². The maximum Gasteiger partial charge on any atom is 0.292 e. The Balaban J connectivity index is 2.31. The third-order valence-electron chi connectivity index (χ3n) is 2.43. The van der Waals surface area contributed by atoms with Gasteiger partial charge in [-0.1, -0.05) is 15.9 Å². The molecule has 0 saturated carbocycles. The molecule has 0 heterocycles. The van der Waals surface area contributed by atoms with E-state index < -0.39 is 10.7 Å². The molecule has 0 spiro atoms. The number of nitro benzene ring substituents is 1. The molecule has 0 aromatic heterocycles. The predicted octanol–water partition coefficient (Wildman–Crippen LogP) is 3.82. The highest BCUT2D eigenvalue weighted by atomic mass is 79.9. The fourth-order valence-corrected chi connectivity index (χ4v) is 1.91. The summed E-state index contributed by atoms with van der Waals surface area (Å²) in [5.41, 5.74) is 6.12. The van der Waals surface area contributed by atoms with Gasteiger partial charge in [-0.25, -0.2) is 4.39 Å². The highest BCUT2D eigenvalue weighted by molar-refractivity contribution is 9.10. The van der Waals surface area contributed by atoms with Gasteiger partial charge < -0.3 is 11.1 Å². The molecule has 0 aliphatic heterocycles. The van der Waals surface area contributed by atoms with Crippen LogP contribution in [0.1, 0.15) is 0 Å². The monoisotopic (exact) mass is 325 g/mol. The molecule has 19 heavy (non-hydrogen) atoms. The summed E-state index contributed by atoms with van der Waals surface area (Å²) in [6.07, 6.45) is 0. The van der Waals surface area contributed by atoms with E-state index in [0.717, 1.165) is 0 Å². The second-order valence-electron chi connectivity index (χ2n) is 3.78. The molecule has 0 radical (unpaired) electrons. The normalized spacial score (nSPS) is 10.2. The molecule has 2 aromatic rings. The summed E-state index contributed by atoms with van der Waals surface area (Å²) >= 11 is 3.23. The van der Waals surface area contributed by atoms with Crippen molar-refractivity contribution in [2.24, 2.45) is 0 Å². The molecule has 0 aliphatic carbocycles. The van der Waals surface area contributed by atoms with Gasteiger partial charge in [0.2, 0.25) is 0 Å². The number of benzene rings is 2. The van der Waals surface area contributed by atoms with Crippen molar-refractivity contribution in [2.45, 2.75) is 0 Å². The molecule has 0 aliphatic rings. The molecule has 2 aromatic carbocycles. The van der Waals surface area contributed by atoms with Crippen LogP contribution in [0.25, 0.3) is 0 Å². The van der Waals surface area contributed by atoms with E-state index >= 15 is 0 Å². The Morgan fingerprint density at radius 1 is 1.26 bits per heavy atom. The molecular formula is C12H9BrFN3O2. The smallest absolute Gasteiger partial charge is 0.292 e. The summed E-state index contributed by atoms with van der Waals surface area (Å²) in [5, 5.41) is 13.4. The molecule has 98 valence electrons. The van der Waals surface area contributed by atoms with Gasteiger partial charge in [-0.05, 0) is 30.3 Å². The van der Waals surface area contributed by atoms with E-state index in [9.17, 15) is 14.5 Å². The van der Waals surface area contributed by atoms with Crippen molar-refractivity contribution in [3.05, 3.63) is 56.8 Å². The van der Waals surface area contributed by atoms with E-state index in [2.05, 4.69) is 21.2 Å². The first kappa shape index (κ1) is 13.3. The van der Waals surface area contributed by atoms with Crippen LogP contribution in [0, 0.1) is 15.9 Å². The van der Waals surface area contributed by atoms with E-state index in [1.807, 2.05) is 0 Å². The Morgan fingerprint density at radius 3 is 2.63 bits per heavy atom. The van der Waals surface area contributed by atoms with E-state index in [1.165, 1.54) is 24.3 Å². The van der Waals surface area contributed by atoms with Gasteiger partial charge in [0.05, 0.1) is 10.6 Å². The topological polar surface area (TPSA) is 81.2 Å². The zero-order valence-electron chi connectivity index (χ0n) is 9.56. The van der Waals surface area contributed by atoms with Crippen LogP contribution in [0.3, 0.4) is 0 Å². The van der Waals surface area contributed by atoms with E-state index in [0.29, 0.717) is 10.2 Å². The lowest BCUT2D eigenvalue weighted by molar-refractivity contribution is -0.383. The summed E-state index contributed by atoms with van der Waals surface area (Å²) in [5.74, 6) is -0.430. The van der Waals surface area contributed by atoms with Crippen LogP contribution in [0.5, 0.6) is 0 Å². The maximum atomic E-state index is 13.5. The number of nitrogens with one attached hydrogen (secondary N) is 1. The number of nitrogens with two attached hydrogens (primary N) is 1. The van der Waals surface area contributed by atoms with Gasteiger partial charge in [0.25, 0.3) is 5.69 Å². The quantitative estimate of drug-likeness (QED) is 0.510. The van der Waals surface area contributed by atoms with Crippen LogP contribution in [-0.4, -0.2) is 4.92 Å². The molecular weight excluding hydrogens is 317 g/mol. The Kier molecular flexibility index (Phi) is 3.66. The largest absolute Gasteiger partial charge is 0.393 e. The Morgan fingerprint density at radius 2 is 2.00 bits per heavy atom. The lowest BCUT2D eigenvalue weighted by Gasteiger charge is -2.08. The minimum absolute atomic E-state index is 0.0189. The number of nitro groups is 1. The summed E-state index contributed by atoms with van der Waals surface area (Å²) in [6, 6.07) is 8.57. The third kappa shape index (κ3) is 3.00. The molecule has 0 saturated heterocycles. The van der Waals surface area contributed by atoms with Crippen LogP contribution in [-0.2, 0) is 0 Å². The molecule has 0 unspecified atom stereocenters. The molecule has 0 atom stereocenters. The van der Waals surface area contributed by atoms with Gasteiger partial charge >= 0.3 is 0 Å². The number of anilines is 3. The minimum Gasteiger partial charge on any atom is -0.393 e. The Hall–Kier alpha value is -2.15. The first-order valence-electron chi connectivity index (χ1n) is 5.23. The van der Waals surface area contributed by atoms with Crippen molar-refractivity contribution >= 4 is 38.7 Å². The van der Waals surface area contributed by atoms with Crippen LogP contribution in [0.2, 0.25) is 0 Å².